The van der Waals surface area contributed by atoms with Crippen molar-refractivity contribution in [3.8, 4) is 22.8 Å². The summed E-state index contributed by atoms with van der Waals surface area (Å²) in [5.74, 6) is 1.69. The van der Waals surface area contributed by atoms with Crippen LogP contribution in [0.1, 0.15) is 58.8 Å². The van der Waals surface area contributed by atoms with Crippen LogP contribution in [-0.2, 0) is 12.8 Å². The lowest BCUT2D eigenvalue weighted by molar-refractivity contribution is 0.338. The van der Waals surface area contributed by atoms with Crippen molar-refractivity contribution in [2.75, 3.05) is 11.9 Å². The van der Waals surface area contributed by atoms with E-state index in [1.165, 1.54) is 0 Å². The molecule has 1 aromatic heterocycles. The third-order valence-electron chi connectivity index (χ3n) is 4.57. The van der Waals surface area contributed by atoms with Crippen molar-refractivity contribution in [2.45, 2.75) is 66.3 Å². The molecule has 0 fully saturated rings. The Kier molecular flexibility index (Phi) is 7.25. The highest BCUT2D eigenvalue weighted by Gasteiger charge is 2.17. The van der Waals surface area contributed by atoms with Gasteiger partial charge in [0.25, 0.3) is 0 Å². The molecule has 0 radical (unpaired) electrons. The fourth-order valence-corrected chi connectivity index (χ4v) is 2.98. The van der Waals surface area contributed by atoms with Crippen molar-refractivity contribution >= 4 is 5.82 Å². The lowest BCUT2D eigenvalue weighted by atomic mass is 10.1. The summed E-state index contributed by atoms with van der Waals surface area (Å²) in [6, 6.07) is 5.75. The Bertz CT molecular complexity index is 727. The number of aryl methyl sites for hydroxylation is 2. The summed E-state index contributed by atoms with van der Waals surface area (Å²) >= 11 is 0. The Balaban J connectivity index is 2.49. The first kappa shape index (κ1) is 20.0. The summed E-state index contributed by atoms with van der Waals surface area (Å²) in [5, 5.41) is 14.0. The van der Waals surface area contributed by atoms with E-state index in [0.717, 1.165) is 48.6 Å². The van der Waals surface area contributed by atoms with E-state index in [4.69, 9.17) is 14.7 Å². The molecule has 0 bridgehead atoms. The summed E-state index contributed by atoms with van der Waals surface area (Å²) in [5.41, 5.74) is 3.26. The normalized spacial score (nSPS) is 11.0. The van der Waals surface area contributed by atoms with Gasteiger partial charge in [0.05, 0.1) is 23.7 Å². The van der Waals surface area contributed by atoms with Gasteiger partial charge in [-0.25, -0.2) is 9.97 Å². The molecular formula is C21H31N3O2. The molecule has 2 N–H and O–H groups in total. The first-order valence-corrected chi connectivity index (χ1v) is 9.70. The molecule has 0 aliphatic heterocycles. The van der Waals surface area contributed by atoms with Crippen LogP contribution < -0.4 is 10.1 Å². The molecule has 0 amide bonds. The molecule has 26 heavy (non-hydrogen) atoms. The molecule has 0 atom stereocenters. The average Bonchev–Trinajstić information content (AvgIpc) is 2.66. The minimum atomic E-state index is 0.169. The molecule has 0 saturated carbocycles. The fraction of sp³-hybridized carbons (Fsp3) is 0.524. The zero-order valence-corrected chi connectivity index (χ0v) is 16.6. The quantitative estimate of drug-likeness (QED) is 0.663. The van der Waals surface area contributed by atoms with Crippen LogP contribution in [0.2, 0.25) is 0 Å². The number of nitrogens with one attached hydrogen (secondary N) is 1. The number of rotatable bonds is 9. The molecular weight excluding hydrogens is 326 g/mol. The van der Waals surface area contributed by atoms with Crippen LogP contribution in [-0.4, -0.2) is 27.7 Å². The van der Waals surface area contributed by atoms with E-state index >= 15 is 0 Å². The number of ether oxygens (including phenoxy) is 1. The lowest BCUT2D eigenvalue weighted by Gasteiger charge is -2.20. The largest absolute Gasteiger partial charge is 0.507 e. The number of benzene rings is 1. The maximum absolute atomic E-state index is 10.5. The van der Waals surface area contributed by atoms with E-state index in [9.17, 15) is 5.11 Å². The molecule has 0 unspecified atom stereocenters. The maximum atomic E-state index is 10.5. The van der Waals surface area contributed by atoms with E-state index in [0.29, 0.717) is 24.0 Å². The summed E-state index contributed by atoms with van der Waals surface area (Å²) in [6.07, 6.45) is 3.62. The van der Waals surface area contributed by atoms with Crippen molar-refractivity contribution in [1.82, 2.24) is 9.97 Å². The van der Waals surface area contributed by atoms with Crippen LogP contribution in [0.25, 0.3) is 11.3 Å². The number of aromatic hydroxyl groups is 1. The smallest absolute Gasteiger partial charge is 0.148 e. The number of hydrogen-bond acceptors (Lipinski definition) is 5. The molecule has 5 nitrogen and oxygen atoms in total. The van der Waals surface area contributed by atoms with Gasteiger partial charge in [0.1, 0.15) is 17.3 Å². The first-order chi connectivity index (χ1) is 12.6. The molecule has 2 rings (SSSR count). The van der Waals surface area contributed by atoms with E-state index in [2.05, 4.69) is 33.0 Å². The fourth-order valence-electron chi connectivity index (χ4n) is 2.98. The standard InChI is InChI=1S/C21H31N3O2/c1-6-14(7-2)22-21-18(9-4)23-20(17(8-3)24-21)16-12-11-15(26-10-5)13-19(16)25/h11-14,25H,6-10H2,1-5H3,(H,22,24). The van der Waals surface area contributed by atoms with Gasteiger partial charge in [-0.05, 0) is 44.7 Å². The monoisotopic (exact) mass is 357 g/mol. The predicted octanol–water partition coefficient (Wildman–Crippen LogP) is 4.97. The van der Waals surface area contributed by atoms with Crippen LogP contribution >= 0.6 is 0 Å². The molecule has 1 aromatic carbocycles. The molecule has 5 heteroatoms. The minimum Gasteiger partial charge on any atom is -0.507 e. The van der Waals surface area contributed by atoms with Gasteiger partial charge in [0.15, 0.2) is 0 Å². The van der Waals surface area contributed by atoms with Crippen LogP contribution in [0.5, 0.6) is 11.5 Å². The van der Waals surface area contributed by atoms with Gasteiger partial charge >= 0.3 is 0 Å². The third-order valence-corrected chi connectivity index (χ3v) is 4.57. The van der Waals surface area contributed by atoms with Crippen LogP contribution in [0.3, 0.4) is 0 Å². The molecule has 2 aromatic rings. The molecule has 0 aliphatic carbocycles. The van der Waals surface area contributed by atoms with Crippen molar-refractivity contribution in [3.63, 3.8) is 0 Å². The van der Waals surface area contributed by atoms with E-state index in [-0.39, 0.29) is 5.75 Å². The zero-order valence-electron chi connectivity index (χ0n) is 16.6. The molecule has 0 saturated heterocycles. The van der Waals surface area contributed by atoms with Gasteiger partial charge in [-0.15, -0.1) is 0 Å². The average molecular weight is 357 g/mol. The van der Waals surface area contributed by atoms with Gasteiger partial charge in [0.2, 0.25) is 0 Å². The van der Waals surface area contributed by atoms with Gasteiger partial charge in [-0.1, -0.05) is 27.7 Å². The van der Waals surface area contributed by atoms with Crippen molar-refractivity contribution < 1.29 is 9.84 Å². The summed E-state index contributed by atoms with van der Waals surface area (Å²) < 4.78 is 5.46. The highest BCUT2D eigenvalue weighted by atomic mass is 16.5. The van der Waals surface area contributed by atoms with Crippen LogP contribution in [0, 0.1) is 0 Å². The number of phenols is 1. The minimum absolute atomic E-state index is 0.169. The van der Waals surface area contributed by atoms with Gasteiger partial charge in [-0.3, -0.25) is 0 Å². The SMILES string of the molecule is CCOc1ccc(-c2nc(CC)c(NC(CC)CC)nc2CC)c(O)c1. The van der Waals surface area contributed by atoms with Crippen molar-refractivity contribution in [1.29, 1.82) is 0 Å². The third kappa shape index (κ3) is 4.45. The van der Waals surface area contributed by atoms with Gasteiger partial charge in [-0.2, -0.15) is 0 Å². The summed E-state index contributed by atoms with van der Waals surface area (Å²) in [4.78, 5) is 9.72. The second kappa shape index (κ2) is 9.41. The number of anilines is 1. The number of aromatic nitrogens is 2. The Morgan fingerprint density at radius 1 is 1.00 bits per heavy atom. The Morgan fingerprint density at radius 2 is 1.69 bits per heavy atom. The van der Waals surface area contributed by atoms with Crippen LogP contribution in [0.4, 0.5) is 5.82 Å². The van der Waals surface area contributed by atoms with Crippen LogP contribution in [0.15, 0.2) is 18.2 Å². The Hall–Kier alpha value is -2.30. The molecule has 142 valence electrons. The topological polar surface area (TPSA) is 67.3 Å². The predicted molar refractivity (Wildman–Crippen MR) is 107 cm³/mol. The van der Waals surface area contributed by atoms with Gasteiger partial charge < -0.3 is 15.2 Å². The Morgan fingerprint density at radius 3 is 2.23 bits per heavy atom. The molecule has 0 spiro atoms. The number of phenolic OH excluding ortho intramolecular Hbond substituents is 1. The van der Waals surface area contributed by atoms with E-state index in [1.807, 2.05) is 19.1 Å². The van der Waals surface area contributed by atoms with E-state index in [1.54, 1.807) is 6.07 Å². The van der Waals surface area contributed by atoms with E-state index < -0.39 is 0 Å². The zero-order chi connectivity index (χ0) is 19.1. The van der Waals surface area contributed by atoms with Crippen molar-refractivity contribution in [3.05, 3.63) is 29.6 Å². The highest BCUT2D eigenvalue weighted by molar-refractivity contribution is 5.71. The Labute approximate surface area is 156 Å². The van der Waals surface area contributed by atoms with Crippen molar-refractivity contribution in [2.24, 2.45) is 0 Å². The summed E-state index contributed by atoms with van der Waals surface area (Å²) in [7, 11) is 0. The second-order valence-electron chi connectivity index (χ2n) is 6.29. The first-order valence-electron chi connectivity index (χ1n) is 9.70. The maximum Gasteiger partial charge on any atom is 0.148 e. The summed E-state index contributed by atoms with van der Waals surface area (Å²) in [6.45, 7) is 11.0. The molecule has 0 aliphatic rings. The molecule has 1 heterocycles. The van der Waals surface area contributed by atoms with Gasteiger partial charge in [0, 0.05) is 17.7 Å². The second-order valence-corrected chi connectivity index (χ2v) is 6.29. The number of hydrogen-bond donors (Lipinski definition) is 2. The highest BCUT2D eigenvalue weighted by Crippen LogP contribution is 2.34. The number of nitrogens with zero attached hydrogens (tertiary/aromatic N) is 2. The lowest BCUT2D eigenvalue weighted by Crippen LogP contribution is -2.20.